The smallest absolute Gasteiger partial charge is 0.244 e. The fraction of sp³-hybridized carbons (Fsp3) is 0.357. The Labute approximate surface area is 127 Å². The molecular formula is C14H16ClN5O. The van der Waals surface area contributed by atoms with Gasteiger partial charge in [-0.2, -0.15) is 5.10 Å². The number of nitrogens with zero attached hydrogens (tertiary/aromatic N) is 3. The highest BCUT2D eigenvalue weighted by atomic mass is 35.5. The molecule has 1 fully saturated rings. The molecule has 7 heteroatoms. The predicted molar refractivity (Wildman–Crippen MR) is 80.3 cm³/mol. The summed E-state index contributed by atoms with van der Waals surface area (Å²) < 4.78 is 1.57. The van der Waals surface area contributed by atoms with Gasteiger partial charge in [-0.1, -0.05) is 11.6 Å². The first kappa shape index (κ1) is 14.0. The van der Waals surface area contributed by atoms with E-state index in [-0.39, 0.29) is 11.8 Å². The lowest BCUT2D eigenvalue weighted by Gasteiger charge is -2.24. The number of carbonyl (C=O) groups is 1. The van der Waals surface area contributed by atoms with Crippen molar-refractivity contribution in [3.05, 3.63) is 35.9 Å². The Kier molecular flexibility index (Phi) is 3.43. The largest absolute Gasteiger partial charge is 0.323 e. The second-order valence-electron chi connectivity index (χ2n) is 5.51. The number of nitrogens with one attached hydrogen (secondary N) is 1. The highest BCUT2D eigenvalue weighted by molar-refractivity contribution is 6.31. The average molecular weight is 306 g/mol. The molecule has 1 aliphatic carbocycles. The van der Waals surface area contributed by atoms with E-state index in [1.54, 1.807) is 36.1 Å². The maximum Gasteiger partial charge on any atom is 0.244 e. The number of hydrogen-bond acceptors (Lipinski definition) is 4. The van der Waals surface area contributed by atoms with Crippen molar-refractivity contribution >= 4 is 23.2 Å². The summed E-state index contributed by atoms with van der Waals surface area (Å²) in [6, 6.07) is 5.19. The number of amides is 1. The third-order valence-corrected chi connectivity index (χ3v) is 4.02. The molecule has 1 amide bonds. The Bertz CT molecular complexity index is 664. The molecule has 1 saturated carbocycles. The maximum atomic E-state index is 12.4. The quantitative estimate of drug-likeness (QED) is 0.904. The molecule has 3 rings (SSSR count). The predicted octanol–water partition coefficient (Wildman–Crippen LogP) is 1.99. The Balaban J connectivity index is 1.91. The van der Waals surface area contributed by atoms with Crippen LogP contribution >= 0.6 is 11.6 Å². The number of aromatic nitrogens is 3. The molecule has 0 radical (unpaired) electrons. The van der Waals surface area contributed by atoms with Gasteiger partial charge in [-0.05, 0) is 43.9 Å². The second-order valence-corrected chi connectivity index (χ2v) is 5.95. The Morgan fingerprint density at radius 2 is 2.29 bits per heavy atom. The van der Waals surface area contributed by atoms with Crippen molar-refractivity contribution in [2.24, 2.45) is 11.7 Å². The zero-order chi connectivity index (χ0) is 15.0. The van der Waals surface area contributed by atoms with Crippen LogP contribution in [0.1, 0.15) is 19.8 Å². The summed E-state index contributed by atoms with van der Waals surface area (Å²) >= 11 is 6.02. The third kappa shape index (κ3) is 2.77. The van der Waals surface area contributed by atoms with Crippen LogP contribution in [0.4, 0.5) is 5.69 Å². The van der Waals surface area contributed by atoms with E-state index in [2.05, 4.69) is 15.4 Å². The molecule has 110 valence electrons. The zero-order valence-electron chi connectivity index (χ0n) is 11.6. The van der Waals surface area contributed by atoms with Gasteiger partial charge in [0.15, 0.2) is 0 Å². The van der Waals surface area contributed by atoms with Crippen LogP contribution in [-0.2, 0) is 4.79 Å². The van der Waals surface area contributed by atoms with Gasteiger partial charge in [0, 0.05) is 5.02 Å². The number of anilines is 1. The van der Waals surface area contributed by atoms with E-state index in [4.69, 9.17) is 17.3 Å². The summed E-state index contributed by atoms with van der Waals surface area (Å²) in [4.78, 5) is 16.3. The van der Waals surface area contributed by atoms with Crippen molar-refractivity contribution in [1.82, 2.24) is 14.8 Å². The Morgan fingerprint density at radius 3 is 2.90 bits per heavy atom. The molecule has 1 unspecified atom stereocenters. The van der Waals surface area contributed by atoms with Crippen LogP contribution in [-0.4, -0.2) is 26.2 Å². The lowest BCUT2D eigenvalue weighted by atomic mass is 9.96. The van der Waals surface area contributed by atoms with Crippen molar-refractivity contribution in [3.63, 3.8) is 0 Å². The summed E-state index contributed by atoms with van der Waals surface area (Å²) in [6.07, 6.45) is 4.97. The second kappa shape index (κ2) is 5.13. The molecule has 21 heavy (non-hydrogen) atoms. The molecule has 1 aromatic carbocycles. The van der Waals surface area contributed by atoms with Crippen LogP contribution in [0.2, 0.25) is 5.02 Å². The summed E-state index contributed by atoms with van der Waals surface area (Å²) in [6.45, 7) is 1.76. The molecule has 1 aliphatic rings. The molecule has 2 aromatic rings. The van der Waals surface area contributed by atoms with E-state index in [9.17, 15) is 4.79 Å². The number of benzene rings is 1. The molecule has 1 atom stereocenters. The third-order valence-electron chi connectivity index (χ3n) is 3.79. The fourth-order valence-electron chi connectivity index (χ4n) is 2.27. The molecule has 0 bridgehead atoms. The average Bonchev–Trinajstić information content (AvgIpc) is 3.17. The molecule has 6 nitrogen and oxygen atoms in total. The maximum absolute atomic E-state index is 12.4. The van der Waals surface area contributed by atoms with Crippen molar-refractivity contribution in [3.8, 4) is 5.69 Å². The van der Waals surface area contributed by atoms with E-state index in [0.29, 0.717) is 16.4 Å². The van der Waals surface area contributed by atoms with Crippen LogP contribution < -0.4 is 11.1 Å². The molecule has 1 heterocycles. The lowest BCUT2D eigenvalue weighted by Crippen LogP contribution is -2.50. The number of halogens is 1. The number of hydrogen-bond donors (Lipinski definition) is 2. The van der Waals surface area contributed by atoms with E-state index in [1.807, 2.05) is 0 Å². The lowest BCUT2D eigenvalue weighted by molar-refractivity contribution is -0.121. The zero-order valence-corrected chi connectivity index (χ0v) is 12.3. The first-order valence-electron chi connectivity index (χ1n) is 6.73. The van der Waals surface area contributed by atoms with Gasteiger partial charge in [0.2, 0.25) is 5.91 Å². The highest BCUT2D eigenvalue weighted by Crippen LogP contribution is 2.39. The minimum absolute atomic E-state index is 0.214. The van der Waals surface area contributed by atoms with Crippen molar-refractivity contribution in [2.45, 2.75) is 25.3 Å². The molecule has 3 N–H and O–H groups in total. The monoisotopic (exact) mass is 305 g/mol. The number of nitrogens with two attached hydrogens (primary N) is 1. The Morgan fingerprint density at radius 1 is 1.52 bits per heavy atom. The fourth-order valence-corrected chi connectivity index (χ4v) is 2.44. The van der Waals surface area contributed by atoms with Gasteiger partial charge < -0.3 is 11.1 Å². The van der Waals surface area contributed by atoms with Crippen LogP contribution in [0.15, 0.2) is 30.9 Å². The highest BCUT2D eigenvalue weighted by Gasteiger charge is 2.44. The molecule has 0 saturated heterocycles. The van der Waals surface area contributed by atoms with Gasteiger partial charge in [-0.25, -0.2) is 9.67 Å². The van der Waals surface area contributed by atoms with Crippen LogP contribution in [0.3, 0.4) is 0 Å². The first-order chi connectivity index (χ1) is 9.98. The molecule has 0 spiro atoms. The van der Waals surface area contributed by atoms with E-state index in [1.165, 1.54) is 6.33 Å². The van der Waals surface area contributed by atoms with Crippen LogP contribution in [0, 0.1) is 5.92 Å². The first-order valence-corrected chi connectivity index (χ1v) is 7.11. The minimum atomic E-state index is -0.873. The van der Waals surface area contributed by atoms with Gasteiger partial charge in [0.25, 0.3) is 0 Å². The standard InChI is InChI=1S/C14H16ClN5O/c1-14(16,9-2-3-9)13(21)19-11-6-10(15)4-5-12(11)20-8-17-7-18-20/h4-9H,2-3,16H2,1H3,(H,19,21). The van der Waals surface area contributed by atoms with Gasteiger partial charge in [-0.3, -0.25) is 4.79 Å². The molecule has 0 aliphatic heterocycles. The SMILES string of the molecule is CC(N)(C(=O)Nc1cc(Cl)ccc1-n1cncn1)C1CC1. The van der Waals surface area contributed by atoms with Gasteiger partial charge in [0.05, 0.1) is 16.9 Å². The van der Waals surface area contributed by atoms with Crippen molar-refractivity contribution in [1.29, 1.82) is 0 Å². The topological polar surface area (TPSA) is 85.8 Å². The van der Waals surface area contributed by atoms with E-state index in [0.717, 1.165) is 12.8 Å². The van der Waals surface area contributed by atoms with Crippen LogP contribution in [0.5, 0.6) is 0 Å². The van der Waals surface area contributed by atoms with Crippen molar-refractivity contribution < 1.29 is 4.79 Å². The number of carbonyl (C=O) groups excluding carboxylic acids is 1. The minimum Gasteiger partial charge on any atom is -0.323 e. The van der Waals surface area contributed by atoms with Gasteiger partial charge >= 0.3 is 0 Å². The van der Waals surface area contributed by atoms with Crippen LogP contribution in [0.25, 0.3) is 5.69 Å². The van der Waals surface area contributed by atoms with Gasteiger partial charge in [0.1, 0.15) is 12.7 Å². The van der Waals surface area contributed by atoms with Crippen molar-refractivity contribution in [2.75, 3.05) is 5.32 Å². The van der Waals surface area contributed by atoms with Gasteiger partial charge in [-0.15, -0.1) is 0 Å². The summed E-state index contributed by atoms with van der Waals surface area (Å²) in [5, 5.41) is 7.47. The molecule has 1 aromatic heterocycles. The van der Waals surface area contributed by atoms with E-state index >= 15 is 0 Å². The Hall–Kier alpha value is -1.92. The molecular weight excluding hydrogens is 290 g/mol. The summed E-state index contributed by atoms with van der Waals surface area (Å²) in [5.41, 5.74) is 6.52. The number of rotatable bonds is 4. The summed E-state index contributed by atoms with van der Waals surface area (Å²) in [7, 11) is 0. The summed E-state index contributed by atoms with van der Waals surface area (Å²) in [5.74, 6) is 0.0279. The normalized spacial score (nSPS) is 17.3. The van der Waals surface area contributed by atoms with E-state index < -0.39 is 5.54 Å².